The lowest BCUT2D eigenvalue weighted by molar-refractivity contribution is -0.592. The Hall–Kier alpha value is -4.09. The van der Waals surface area contributed by atoms with Crippen molar-refractivity contribution < 1.29 is 53.6 Å². The highest BCUT2D eigenvalue weighted by atomic mass is 19.4. The van der Waals surface area contributed by atoms with Crippen molar-refractivity contribution in [2.75, 3.05) is 31.1 Å². The van der Waals surface area contributed by atoms with Crippen molar-refractivity contribution in [3.8, 4) is 0 Å². The third kappa shape index (κ3) is 9.54. The van der Waals surface area contributed by atoms with Crippen molar-refractivity contribution in [2.45, 2.75) is 83.3 Å². The second-order valence-corrected chi connectivity index (χ2v) is 12.2. The first kappa shape index (κ1) is 37.7. The maximum absolute atomic E-state index is 14.0. The van der Waals surface area contributed by atoms with Gasteiger partial charge in [0, 0.05) is 24.6 Å². The molecule has 0 spiro atoms. The zero-order valence-electron chi connectivity index (χ0n) is 26.9. The first-order valence-electron chi connectivity index (χ1n) is 15.5. The van der Waals surface area contributed by atoms with E-state index in [1.165, 1.54) is 0 Å². The van der Waals surface area contributed by atoms with Crippen LogP contribution in [0.25, 0.3) is 0 Å². The van der Waals surface area contributed by atoms with Gasteiger partial charge in [0.05, 0.1) is 41.6 Å². The van der Waals surface area contributed by atoms with Gasteiger partial charge in [0.25, 0.3) is 0 Å². The number of nitrogens with two attached hydrogens (primary N) is 1. The Morgan fingerprint density at radius 2 is 1.55 bits per heavy atom. The summed E-state index contributed by atoms with van der Waals surface area (Å²) in [7, 11) is 0. The number of rotatable bonds is 8. The van der Waals surface area contributed by atoms with E-state index in [4.69, 9.17) is 10.5 Å². The number of fused-ring (bicyclic) bond motifs is 1. The number of nitrogens with zero attached hydrogens (tertiary/aromatic N) is 5. The van der Waals surface area contributed by atoms with Crippen LogP contribution >= 0.6 is 0 Å². The van der Waals surface area contributed by atoms with E-state index in [0.717, 1.165) is 53.6 Å². The van der Waals surface area contributed by atoms with Crippen molar-refractivity contribution >= 4 is 17.7 Å². The van der Waals surface area contributed by atoms with Crippen molar-refractivity contribution in [3.63, 3.8) is 0 Å². The number of anilines is 1. The molecule has 2 aliphatic heterocycles. The summed E-state index contributed by atoms with van der Waals surface area (Å²) < 4.78 is 131. The molecule has 2 heterocycles. The van der Waals surface area contributed by atoms with Gasteiger partial charge in [-0.2, -0.15) is 44.6 Å². The van der Waals surface area contributed by atoms with Crippen molar-refractivity contribution in [1.29, 1.82) is 0 Å². The lowest BCUT2D eigenvalue weighted by Crippen LogP contribution is -2.48. The molecular weight excluding hydrogens is 673 g/mol. The van der Waals surface area contributed by atoms with E-state index in [1.54, 1.807) is 20.8 Å². The molecular formula is C31H37F9N7O2+. The highest BCUT2D eigenvalue weighted by molar-refractivity contribution is 5.90. The van der Waals surface area contributed by atoms with E-state index in [1.807, 2.05) is 0 Å². The minimum Gasteiger partial charge on any atom is -0.446 e. The number of amides is 1. The molecule has 0 aliphatic carbocycles. The largest absolute Gasteiger partial charge is 0.446 e. The number of hydrogen-bond donors (Lipinski definition) is 2. The zero-order chi connectivity index (χ0) is 36.3. The highest BCUT2D eigenvalue weighted by Crippen LogP contribution is 2.44. The van der Waals surface area contributed by atoms with Crippen LogP contribution in [0.4, 0.5) is 50.0 Å². The summed E-state index contributed by atoms with van der Waals surface area (Å²) in [5.41, 5.74) is 3.91. The molecule has 4 rings (SSSR count). The van der Waals surface area contributed by atoms with Crippen LogP contribution in [-0.2, 0) is 29.8 Å². The molecule has 2 atom stereocenters. The van der Waals surface area contributed by atoms with Crippen LogP contribution in [0.5, 0.6) is 0 Å². The number of guanidine groups is 1. The van der Waals surface area contributed by atoms with Gasteiger partial charge in [-0.1, -0.05) is 0 Å². The smallest absolute Gasteiger partial charge is 0.416 e. The number of carbonyl (C=O) groups is 1. The number of ether oxygens (including phenoxy) is 1. The quantitative estimate of drug-likeness (QED) is 0.0739. The lowest BCUT2D eigenvalue weighted by atomic mass is 9.89. The van der Waals surface area contributed by atoms with Gasteiger partial charge in [0.2, 0.25) is 0 Å². The molecule has 2 aliphatic rings. The first-order chi connectivity index (χ1) is 22.8. The van der Waals surface area contributed by atoms with Gasteiger partial charge in [-0.25, -0.2) is 4.79 Å². The molecule has 0 radical (unpaired) electrons. The standard InChI is InChI=1S/C31H36F9N7O2/c1-18(2)49-28(48)47-19(3)12-26(24-16-21(29(32,33)34)6-7-25(24)47)46(27(41)43-44-42-8-11-45-9-4-5-10-45)17-20-13-22(30(35,36)37)15-23(14-20)31(38,39)40/h6-7,13-16,18-19,26H,4-5,8-12,17H2,1-3H3,(H2,41,42,43)/p+1/t19-,26+/m1/s1. The molecule has 2 aromatic carbocycles. The fraction of sp³-hybridized carbons (Fsp3) is 0.548. The number of hydrogen-bond acceptors (Lipinski definition) is 5. The molecule has 0 unspecified atom stereocenters. The molecule has 270 valence electrons. The Balaban J connectivity index is 1.84. The summed E-state index contributed by atoms with van der Waals surface area (Å²) >= 11 is 0. The number of carbonyl (C=O) groups excluding carboxylic acids is 1. The molecule has 2 aromatic rings. The molecule has 0 aromatic heterocycles. The number of benzene rings is 2. The molecule has 9 nitrogen and oxygen atoms in total. The summed E-state index contributed by atoms with van der Waals surface area (Å²) in [5.74, 6) is -0.408. The average Bonchev–Trinajstić information content (AvgIpc) is 3.51. The van der Waals surface area contributed by atoms with Crippen LogP contribution < -0.4 is 16.1 Å². The molecule has 3 N–H and O–H groups in total. The molecule has 0 bridgehead atoms. The van der Waals surface area contributed by atoms with Crippen LogP contribution in [0.15, 0.2) is 46.7 Å². The average molecular weight is 711 g/mol. The van der Waals surface area contributed by atoms with Crippen LogP contribution in [-0.4, -0.2) is 59.9 Å². The van der Waals surface area contributed by atoms with Crippen molar-refractivity contribution in [3.05, 3.63) is 64.2 Å². The summed E-state index contributed by atoms with van der Waals surface area (Å²) in [5, 5.41) is 7.83. The third-order valence-electron chi connectivity index (χ3n) is 8.15. The van der Waals surface area contributed by atoms with Gasteiger partial charge in [-0.3, -0.25) is 15.2 Å². The highest BCUT2D eigenvalue weighted by Gasteiger charge is 2.42. The van der Waals surface area contributed by atoms with E-state index in [0.29, 0.717) is 18.7 Å². The molecule has 1 saturated heterocycles. The second kappa shape index (κ2) is 14.8. The fourth-order valence-corrected chi connectivity index (χ4v) is 5.91. The number of halogens is 9. The van der Waals surface area contributed by atoms with E-state index in [2.05, 4.69) is 20.7 Å². The molecule has 49 heavy (non-hydrogen) atoms. The van der Waals surface area contributed by atoms with Gasteiger partial charge in [-0.15, -0.1) is 5.43 Å². The maximum atomic E-state index is 14.0. The SMILES string of the molecule is CC(C)OC(=O)N1c2ccc(C(F)(F)F)cc2[C@@H]([N+](Cc2cc(C(F)(F)F)cc(C(F)(F)F)c2)=C(N)NN=NCCN2CCCC2)C[C@H]1C. The molecule has 1 amide bonds. The third-order valence-corrected chi connectivity index (χ3v) is 8.15. The molecule has 0 saturated carbocycles. The topological polar surface area (TPSA) is 98.6 Å². The van der Waals surface area contributed by atoms with Crippen molar-refractivity contribution in [1.82, 2.24) is 10.3 Å². The van der Waals surface area contributed by atoms with Gasteiger partial charge >= 0.3 is 30.6 Å². The Morgan fingerprint density at radius 3 is 2.10 bits per heavy atom. The monoisotopic (exact) mass is 710 g/mol. The predicted molar refractivity (Wildman–Crippen MR) is 160 cm³/mol. The molecule has 18 heteroatoms. The lowest BCUT2D eigenvalue weighted by Gasteiger charge is -2.39. The normalized spacial score (nSPS) is 19.7. The minimum absolute atomic E-state index is 0.00698. The minimum atomic E-state index is -5.15. The van der Waals surface area contributed by atoms with E-state index in [9.17, 15) is 44.3 Å². The predicted octanol–water partition coefficient (Wildman–Crippen LogP) is 7.51. The van der Waals surface area contributed by atoms with Gasteiger partial charge < -0.3 is 9.64 Å². The number of alkyl halides is 9. The Bertz CT molecular complexity index is 1520. The Kier molecular flexibility index (Phi) is 11.4. The molecule has 1 fully saturated rings. The van der Waals surface area contributed by atoms with Crippen LogP contribution in [0.1, 0.15) is 73.9 Å². The summed E-state index contributed by atoms with van der Waals surface area (Å²) in [6, 6.07) is 1.62. The van der Waals surface area contributed by atoms with Gasteiger partial charge in [0.15, 0.2) is 0 Å². The van der Waals surface area contributed by atoms with Crippen LogP contribution in [0.2, 0.25) is 0 Å². The van der Waals surface area contributed by atoms with E-state index >= 15 is 0 Å². The maximum Gasteiger partial charge on any atom is 0.416 e. The van der Waals surface area contributed by atoms with Crippen LogP contribution in [0, 0.1) is 0 Å². The van der Waals surface area contributed by atoms with E-state index in [-0.39, 0.29) is 30.3 Å². The number of likely N-dealkylation sites (tertiary alicyclic amines) is 1. The number of nitrogens with one attached hydrogen (secondary N) is 1. The first-order valence-corrected chi connectivity index (χ1v) is 15.5. The Morgan fingerprint density at radius 1 is 0.959 bits per heavy atom. The summed E-state index contributed by atoms with van der Waals surface area (Å²) in [6.07, 6.45) is -14.6. The summed E-state index contributed by atoms with van der Waals surface area (Å²) in [4.78, 5) is 16.4. The fourth-order valence-electron chi connectivity index (χ4n) is 5.91. The van der Waals surface area contributed by atoms with E-state index < -0.39 is 77.6 Å². The summed E-state index contributed by atoms with van der Waals surface area (Å²) in [6.45, 7) is 6.61. The van der Waals surface area contributed by atoms with Gasteiger partial charge in [-0.05, 0) is 93.9 Å². The van der Waals surface area contributed by atoms with Crippen molar-refractivity contribution in [2.24, 2.45) is 16.1 Å². The Labute approximate surface area is 276 Å². The second-order valence-electron chi connectivity index (χ2n) is 12.2. The zero-order valence-corrected chi connectivity index (χ0v) is 26.9. The van der Waals surface area contributed by atoms with Gasteiger partial charge in [0.1, 0.15) is 6.04 Å². The van der Waals surface area contributed by atoms with Crippen LogP contribution in [0.3, 0.4) is 0 Å².